The van der Waals surface area contributed by atoms with E-state index in [0.717, 1.165) is 80.1 Å². The number of fused-ring (bicyclic) bond motifs is 1. The summed E-state index contributed by atoms with van der Waals surface area (Å²) in [6, 6.07) is 14.5. The zero-order valence-electron chi connectivity index (χ0n) is 22.8. The molecule has 0 spiro atoms. The number of carbonyl (C=O) groups is 2. The van der Waals surface area contributed by atoms with E-state index < -0.39 is 0 Å². The third-order valence-corrected chi connectivity index (χ3v) is 7.86. The molecule has 38 heavy (non-hydrogen) atoms. The number of H-pyrrole nitrogens is 1. The van der Waals surface area contributed by atoms with Gasteiger partial charge in [-0.2, -0.15) is 0 Å². The molecule has 1 atom stereocenters. The van der Waals surface area contributed by atoms with Crippen molar-refractivity contribution in [3.63, 3.8) is 0 Å². The average molecular weight is 518 g/mol. The fraction of sp³-hybridized carbons (Fsp3) is 0.467. The number of aromatic nitrogens is 1. The van der Waals surface area contributed by atoms with E-state index in [-0.39, 0.29) is 17.9 Å². The Balaban J connectivity index is 1.05. The van der Waals surface area contributed by atoms with Gasteiger partial charge in [0.05, 0.1) is 0 Å². The molecule has 0 unspecified atom stereocenters. The van der Waals surface area contributed by atoms with Gasteiger partial charge in [0.25, 0.3) is 5.91 Å². The van der Waals surface area contributed by atoms with Crippen LogP contribution in [0.1, 0.15) is 40.0 Å². The maximum Gasteiger partial charge on any atom is 0.253 e. The SMILES string of the molecule is Cc1[nH]c2ccc(C(=O)N3CCN(CCOc4cccc(CN(C)C[C@H]5CCC(=O)N5)c4)CC3)cc2c1C. The number of hydrogen-bond donors (Lipinski definition) is 2. The molecule has 5 rings (SSSR count). The predicted octanol–water partition coefficient (Wildman–Crippen LogP) is 3.33. The summed E-state index contributed by atoms with van der Waals surface area (Å²) in [7, 11) is 2.09. The number of nitrogens with zero attached hydrogens (tertiary/aromatic N) is 3. The van der Waals surface area contributed by atoms with Crippen LogP contribution in [0.4, 0.5) is 0 Å². The van der Waals surface area contributed by atoms with Gasteiger partial charge >= 0.3 is 0 Å². The van der Waals surface area contributed by atoms with E-state index in [2.05, 4.69) is 53.1 Å². The molecule has 3 aromatic rings. The summed E-state index contributed by atoms with van der Waals surface area (Å²) in [4.78, 5) is 34.5. The van der Waals surface area contributed by atoms with Crippen LogP contribution in [0.5, 0.6) is 5.75 Å². The van der Waals surface area contributed by atoms with Gasteiger partial charge in [0.2, 0.25) is 5.91 Å². The topological polar surface area (TPSA) is 80.9 Å². The molecule has 202 valence electrons. The lowest BCUT2D eigenvalue weighted by molar-refractivity contribution is -0.119. The lowest BCUT2D eigenvalue weighted by Crippen LogP contribution is -2.49. The maximum absolute atomic E-state index is 13.1. The molecule has 1 aromatic heterocycles. The van der Waals surface area contributed by atoms with Gasteiger partial charge < -0.3 is 24.8 Å². The molecule has 3 heterocycles. The third kappa shape index (κ3) is 6.19. The highest BCUT2D eigenvalue weighted by Crippen LogP contribution is 2.23. The Morgan fingerprint density at radius 3 is 2.68 bits per heavy atom. The number of piperazine rings is 1. The average Bonchev–Trinajstić information content (AvgIpc) is 3.45. The van der Waals surface area contributed by atoms with Crippen molar-refractivity contribution >= 4 is 22.7 Å². The zero-order valence-corrected chi connectivity index (χ0v) is 22.8. The Bertz CT molecular complexity index is 1290. The number of amides is 2. The Hall–Kier alpha value is -3.36. The molecule has 2 aliphatic rings. The second-order valence-corrected chi connectivity index (χ2v) is 10.8. The van der Waals surface area contributed by atoms with Crippen LogP contribution in [-0.4, -0.2) is 90.5 Å². The first-order valence-corrected chi connectivity index (χ1v) is 13.7. The molecule has 2 saturated heterocycles. The van der Waals surface area contributed by atoms with E-state index in [1.54, 1.807) is 0 Å². The van der Waals surface area contributed by atoms with Gasteiger partial charge in [-0.1, -0.05) is 12.1 Å². The minimum Gasteiger partial charge on any atom is -0.492 e. The van der Waals surface area contributed by atoms with Crippen molar-refractivity contribution in [2.24, 2.45) is 0 Å². The lowest BCUT2D eigenvalue weighted by Gasteiger charge is -2.34. The fourth-order valence-corrected chi connectivity index (χ4v) is 5.54. The molecular formula is C30H39N5O3. The first kappa shape index (κ1) is 26.3. The lowest BCUT2D eigenvalue weighted by atomic mass is 10.1. The number of aromatic amines is 1. The van der Waals surface area contributed by atoms with Gasteiger partial charge in [0, 0.05) is 80.4 Å². The van der Waals surface area contributed by atoms with Crippen molar-refractivity contribution < 1.29 is 14.3 Å². The van der Waals surface area contributed by atoms with Crippen molar-refractivity contribution in [1.29, 1.82) is 0 Å². The summed E-state index contributed by atoms with van der Waals surface area (Å²) in [5.41, 5.74) is 5.39. The van der Waals surface area contributed by atoms with E-state index in [9.17, 15) is 9.59 Å². The summed E-state index contributed by atoms with van der Waals surface area (Å²) in [5.74, 6) is 1.15. The molecule has 2 fully saturated rings. The quantitative estimate of drug-likeness (QED) is 0.455. The Kier molecular flexibility index (Phi) is 8.00. The number of hydrogen-bond acceptors (Lipinski definition) is 5. The fourth-order valence-electron chi connectivity index (χ4n) is 5.54. The first-order valence-electron chi connectivity index (χ1n) is 13.7. The Morgan fingerprint density at radius 2 is 1.92 bits per heavy atom. The second-order valence-electron chi connectivity index (χ2n) is 10.8. The standard InChI is InChI=1S/C30H39N5O3/c1-21-22(2)31-28-9-7-24(18-27(21)28)30(37)35-13-11-34(12-14-35)15-16-38-26-6-4-5-23(17-26)19-33(3)20-25-8-10-29(36)32-25/h4-7,9,17-18,25,31H,8,10-16,19-20H2,1-3H3,(H,32,36)/t25-/m1/s1. The van der Waals surface area contributed by atoms with Crippen LogP contribution in [0.3, 0.4) is 0 Å². The van der Waals surface area contributed by atoms with Crippen LogP contribution < -0.4 is 10.1 Å². The highest BCUT2D eigenvalue weighted by molar-refractivity contribution is 5.99. The molecule has 8 nitrogen and oxygen atoms in total. The monoisotopic (exact) mass is 517 g/mol. The predicted molar refractivity (Wildman–Crippen MR) is 150 cm³/mol. The first-order chi connectivity index (χ1) is 18.4. The van der Waals surface area contributed by atoms with Crippen molar-refractivity contribution in [3.05, 3.63) is 64.8 Å². The summed E-state index contributed by atoms with van der Waals surface area (Å²) in [6.45, 7) is 10.4. The number of benzene rings is 2. The summed E-state index contributed by atoms with van der Waals surface area (Å²) >= 11 is 0. The Labute approximate surface area is 224 Å². The van der Waals surface area contributed by atoms with Crippen LogP contribution >= 0.6 is 0 Å². The number of rotatable bonds is 9. The highest BCUT2D eigenvalue weighted by Gasteiger charge is 2.23. The molecule has 2 aliphatic heterocycles. The minimum atomic E-state index is 0.109. The minimum absolute atomic E-state index is 0.109. The highest BCUT2D eigenvalue weighted by atomic mass is 16.5. The molecule has 2 N–H and O–H groups in total. The van der Waals surface area contributed by atoms with Gasteiger partial charge in [0.15, 0.2) is 0 Å². The van der Waals surface area contributed by atoms with Crippen molar-refractivity contribution in [1.82, 2.24) is 25.0 Å². The smallest absolute Gasteiger partial charge is 0.253 e. The molecule has 0 radical (unpaired) electrons. The summed E-state index contributed by atoms with van der Waals surface area (Å²) in [6.07, 6.45) is 1.55. The number of nitrogens with one attached hydrogen (secondary N) is 2. The van der Waals surface area contributed by atoms with Crippen molar-refractivity contribution in [3.8, 4) is 5.75 Å². The van der Waals surface area contributed by atoms with E-state index in [1.165, 1.54) is 11.1 Å². The number of ether oxygens (including phenoxy) is 1. The molecule has 2 amide bonds. The van der Waals surface area contributed by atoms with Gasteiger partial charge in [-0.3, -0.25) is 14.5 Å². The number of carbonyl (C=O) groups excluding carboxylic acids is 2. The number of aryl methyl sites for hydroxylation is 2. The van der Waals surface area contributed by atoms with E-state index >= 15 is 0 Å². The molecule has 0 saturated carbocycles. The largest absolute Gasteiger partial charge is 0.492 e. The second kappa shape index (κ2) is 11.6. The van der Waals surface area contributed by atoms with E-state index in [4.69, 9.17) is 4.74 Å². The van der Waals surface area contributed by atoms with Gasteiger partial charge in [-0.15, -0.1) is 0 Å². The molecule has 0 bridgehead atoms. The van der Waals surface area contributed by atoms with Gasteiger partial charge in [-0.05, 0) is 68.8 Å². The van der Waals surface area contributed by atoms with Gasteiger partial charge in [-0.25, -0.2) is 0 Å². The Morgan fingerprint density at radius 1 is 1.11 bits per heavy atom. The van der Waals surface area contributed by atoms with Crippen LogP contribution in [0.25, 0.3) is 10.9 Å². The zero-order chi connectivity index (χ0) is 26.6. The van der Waals surface area contributed by atoms with E-state index in [1.807, 2.05) is 35.2 Å². The van der Waals surface area contributed by atoms with Crippen molar-refractivity contribution in [2.75, 3.05) is 52.9 Å². The van der Waals surface area contributed by atoms with E-state index in [0.29, 0.717) is 13.0 Å². The number of likely N-dealkylation sites (N-methyl/N-ethyl adjacent to an activating group) is 1. The normalized spacial score (nSPS) is 18.4. The van der Waals surface area contributed by atoms with Crippen molar-refractivity contribution in [2.45, 2.75) is 39.3 Å². The van der Waals surface area contributed by atoms with Crippen LogP contribution in [0.15, 0.2) is 42.5 Å². The molecule has 2 aromatic carbocycles. The van der Waals surface area contributed by atoms with Crippen LogP contribution in [0.2, 0.25) is 0 Å². The van der Waals surface area contributed by atoms with Crippen LogP contribution in [0, 0.1) is 13.8 Å². The summed E-state index contributed by atoms with van der Waals surface area (Å²) in [5, 5.41) is 4.16. The molecule has 8 heteroatoms. The summed E-state index contributed by atoms with van der Waals surface area (Å²) < 4.78 is 6.08. The third-order valence-electron chi connectivity index (χ3n) is 7.86. The van der Waals surface area contributed by atoms with Crippen LogP contribution in [-0.2, 0) is 11.3 Å². The maximum atomic E-state index is 13.1. The molecular weight excluding hydrogens is 478 g/mol. The molecule has 0 aliphatic carbocycles. The van der Waals surface area contributed by atoms with Gasteiger partial charge in [0.1, 0.15) is 12.4 Å².